The summed E-state index contributed by atoms with van der Waals surface area (Å²) in [5.74, 6) is -0.0667. The molecule has 156 valence electrons. The number of nitrogens with zero attached hydrogens (tertiary/aromatic N) is 2. The summed E-state index contributed by atoms with van der Waals surface area (Å²) in [5, 5.41) is 7.79. The molecule has 0 unspecified atom stereocenters. The first-order valence-corrected chi connectivity index (χ1v) is 10.7. The maximum atomic E-state index is 14.4. The number of carbonyl (C=O) groups excluding carboxylic acids is 1. The number of anilines is 1. The molecule has 0 atom stereocenters. The molecule has 4 aromatic rings. The Kier molecular flexibility index (Phi) is 6.34. The van der Waals surface area contributed by atoms with Crippen LogP contribution in [-0.2, 0) is 5.75 Å². The second-order valence-electron chi connectivity index (χ2n) is 6.67. The SMILES string of the molecule is Cc1onc(-c2c(F)cccc2Cl)c1C(=O)Nc1cccc(CSc2ccccn2)c1. The molecule has 0 spiro atoms. The molecule has 4 rings (SSSR count). The average Bonchev–Trinajstić information content (AvgIpc) is 3.14. The quantitative estimate of drug-likeness (QED) is 0.343. The number of nitrogens with one attached hydrogen (secondary N) is 1. The predicted octanol–water partition coefficient (Wildman–Crippen LogP) is 6.38. The number of thioether (sulfide) groups is 1. The molecule has 1 amide bonds. The molecule has 8 heteroatoms. The minimum absolute atomic E-state index is 0.0340. The topological polar surface area (TPSA) is 68.0 Å². The highest BCUT2D eigenvalue weighted by molar-refractivity contribution is 7.98. The van der Waals surface area contributed by atoms with E-state index in [1.807, 2.05) is 36.4 Å². The zero-order valence-electron chi connectivity index (χ0n) is 16.4. The van der Waals surface area contributed by atoms with Crippen molar-refractivity contribution in [3.8, 4) is 11.3 Å². The third kappa shape index (κ3) is 4.78. The van der Waals surface area contributed by atoms with E-state index in [2.05, 4.69) is 15.5 Å². The van der Waals surface area contributed by atoms with E-state index in [1.165, 1.54) is 18.2 Å². The van der Waals surface area contributed by atoms with Gasteiger partial charge in [0.15, 0.2) is 0 Å². The van der Waals surface area contributed by atoms with Crippen LogP contribution in [0.25, 0.3) is 11.3 Å². The fourth-order valence-electron chi connectivity index (χ4n) is 3.06. The minimum Gasteiger partial charge on any atom is -0.360 e. The summed E-state index contributed by atoms with van der Waals surface area (Å²) in [6.07, 6.45) is 1.75. The maximum Gasteiger partial charge on any atom is 0.261 e. The van der Waals surface area contributed by atoms with Crippen molar-refractivity contribution in [1.82, 2.24) is 10.1 Å². The first-order valence-electron chi connectivity index (χ1n) is 9.37. The van der Waals surface area contributed by atoms with E-state index < -0.39 is 11.7 Å². The number of halogens is 2. The summed E-state index contributed by atoms with van der Waals surface area (Å²) < 4.78 is 19.6. The van der Waals surface area contributed by atoms with Crippen molar-refractivity contribution >= 4 is 35.0 Å². The normalized spacial score (nSPS) is 10.8. The van der Waals surface area contributed by atoms with Gasteiger partial charge in [-0.05, 0) is 48.9 Å². The molecule has 1 N–H and O–H groups in total. The van der Waals surface area contributed by atoms with Crippen LogP contribution in [0, 0.1) is 12.7 Å². The number of benzene rings is 2. The van der Waals surface area contributed by atoms with Gasteiger partial charge in [-0.25, -0.2) is 9.37 Å². The van der Waals surface area contributed by atoms with E-state index in [4.69, 9.17) is 16.1 Å². The number of pyridine rings is 1. The smallest absolute Gasteiger partial charge is 0.261 e. The molecular formula is C23H17ClFN3O2S. The standard InChI is InChI=1S/C23H17ClFN3O2S/c1-14-20(22(28-30-14)21-17(24)8-5-9-18(21)25)23(29)27-16-7-4-6-15(12-16)13-31-19-10-2-3-11-26-19/h2-12H,13H2,1H3,(H,27,29). The Morgan fingerprint density at radius 3 is 2.77 bits per heavy atom. The molecule has 2 aromatic carbocycles. The highest BCUT2D eigenvalue weighted by Gasteiger charge is 2.25. The fraction of sp³-hybridized carbons (Fsp3) is 0.0870. The molecular weight excluding hydrogens is 437 g/mol. The van der Waals surface area contributed by atoms with Gasteiger partial charge < -0.3 is 9.84 Å². The van der Waals surface area contributed by atoms with Crippen LogP contribution in [0.3, 0.4) is 0 Å². The highest BCUT2D eigenvalue weighted by atomic mass is 35.5. The monoisotopic (exact) mass is 453 g/mol. The molecule has 5 nitrogen and oxygen atoms in total. The molecule has 0 aliphatic heterocycles. The number of aromatic nitrogens is 2. The first kappa shape index (κ1) is 21.1. The van der Waals surface area contributed by atoms with Gasteiger partial charge in [0.2, 0.25) is 0 Å². The second kappa shape index (κ2) is 9.32. The third-order valence-corrected chi connectivity index (χ3v) is 5.83. The van der Waals surface area contributed by atoms with Gasteiger partial charge in [0.1, 0.15) is 22.8 Å². The van der Waals surface area contributed by atoms with Crippen molar-refractivity contribution in [2.24, 2.45) is 0 Å². The minimum atomic E-state index is -0.580. The van der Waals surface area contributed by atoms with Crippen LogP contribution in [0.4, 0.5) is 10.1 Å². The van der Waals surface area contributed by atoms with E-state index in [0.29, 0.717) is 11.4 Å². The van der Waals surface area contributed by atoms with Gasteiger partial charge in [-0.15, -0.1) is 11.8 Å². The van der Waals surface area contributed by atoms with Crippen LogP contribution < -0.4 is 5.32 Å². The molecule has 31 heavy (non-hydrogen) atoms. The van der Waals surface area contributed by atoms with Crippen LogP contribution in [0.1, 0.15) is 21.7 Å². The van der Waals surface area contributed by atoms with Gasteiger partial charge in [0, 0.05) is 17.6 Å². The van der Waals surface area contributed by atoms with E-state index >= 15 is 0 Å². The molecule has 0 bridgehead atoms. The fourth-order valence-corrected chi connectivity index (χ4v) is 4.11. The Balaban J connectivity index is 1.55. The van der Waals surface area contributed by atoms with Crippen LogP contribution in [0.2, 0.25) is 5.02 Å². The molecule has 0 saturated carbocycles. The highest BCUT2D eigenvalue weighted by Crippen LogP contribution is 2.34. The Labute approximate surface area is 187 Å². The Bertz CT molecular complexity index is 1210. The summed E-state index contributed by atoms with van der Waals surface area (Å²) in [6, 6.07) is 17.5. The summed E-state index contributed by atoms with van der Waals surface area (Å²) in [5.41, 5.74) is 1.87. The van der Waals surface area contributed by atoms with Crippen molar-refractivity contribution in [1.29, 1.82) is 0 Å². The summed E-state index contributed by atoms with van der Waals surface area (Å²) >= 11 is 7.75. The lowest BCUT2D eigenvalue weighted by atomic mass is 10.0. The number of hydrogen-bond acceptors (Lipinski definition) is 5. The predicted molar refractivity (Wildman–Crippen MR) is 120 cm³/mol. The summed E-state index contributed by atoms with van der Waals surface area (Å²) in [4.78, 5) is 17.3. The number of hydrogen-bond donors (Lipinski definition) is 1. The molecule has 0 radical (unpaired) electrons. The van der Waals surface area contributed by atoms with Crippen molar-refractivity contribution in [3.63, 3.8) is 0 Å². The van der Waals surface area contributed by atoms with Gasteiger partial charge >= 0.3 is 0 Å². The zero-order chi connectivity index (χ0) is 21.8. The third-order valence-electron chi connectivity index (χ3n) is 4.50. The Morgan fingerprint density at radius 1 is 1.16 bits per heavy atom. The van der Waals surface area contributed by atoms with Crippen LogP contribution in [0.5, 0.6) is 0 Å². The van der Waals surface area contributed by atoms with E-state index in [9.17, 15) is 9.18 Å². The lowest BCUT2D eigenvalue weighted by Crippen LogP contribution is -2.14. The largest absolute Gasteiger partial charge is 0.360 e. The maximum absolute atomic E-state index is 14.4. The molecule has 0 aliphatic rings. The lowest BCUT2D eigenvalue weighted by Gasteiger charge is -2.09. The van der Waals surface area contributed by atoms with Gasteiger partial charge in [-0.2, -0.15) is 0 Å². The molecule has 0 fully saturated rings. The summed E-state index contributed by atoms with van der Waals surface area (Å²) in [6.45, 7) is 1.60. The second-order valence-corrected chi connectivity index (χ2v) is 8.07. The average molecular weight is 454 g/mol. The number of aryl methyl sites for hydroxylation is 1. The van der Waals surface area contributed by atoms with Gasteiger partial charge in [0.25, 0.3) is 5.91 Å². The van der Waals surface area contributed by atoms with Crippen molar-refractivity contribution < 1.29 is 13.7 Å². The lowest BCUT2D eigenvalue weighted by molar-refractivity contribution is 0.102. The molecule has 0 saturated heterocycles. The van der Waals surface area contributed by atoms with Gasteiger partial charge in [-0.3, -0.25) is 4.79 Å². The van der Waals surface area contributed by atoms with Crippen LogP contribution in [0.15, 0.2) is 76.4 Å². The summed E-state index contributed by atoms with van der Waals surface area (Å²) in [7, 11) is 0. The zero-order valence-corrected chi connectivity index (χ0v) is 18.0. The van der Waals surface area contributed by atoms with E-state index in [-0.39, 0.29) is 27.6 Å². The first-order chi connectivity index (χ1) is 15.0. The van der Waals surface area contributed by atoms with Crippen molar-refractivity contribution in [2.75, 3.05) is 5.32 Å². The number of rotatable bonds is 6. The van der Waals surface area contributed by atoms with E-state index in [0.717, 1.165) is 10.6 Å². The molecule has 2 heterocycles. The van der Waals surface area contributed by atoms with E-state index in [1.54, 1.807) is 30.9 Å². The van der Waals surface area contributed by atoms with Gasteiger partial charge in [0.05, 0.1) is 15.6 Å². The number of carbonyl (C=O) groups is 1. The van der Waals surface area contributed by atoms with Crippen LogP contribution >= 0.6 is 23.4 Å². The Morgan fingerprint density at radius 2 is 2.00 bits per heavy atom. The van der Waals surface area contributed by atoms with Crippen molar-refractivity contribution in [2.45, 2.75) is 17.7 Å². The van der Waals surface area contributed by atoms with Crippen LogP contribution in [-0.4, -0.2) is 16.0 Å². The van der Waals surface area contributed by atoms with Crippen molar-refractivity contribution in [3.05, 3.63) is 94.6 Å². The molecule has 2 aromatic heterocycles. The number of amides is 1. The Hall–Kier alpha value is -3.16. The molecule has 0 aliphatic carbocycles. The van der Waals surface area contributed by atoms with Gasteiger partial charge in [-0.1, -0.05) is 41.0 Å².